The Labute approximate surface area is 144 Å². The van der Waals surface area contributed by atoms with Crippen LogP contribution in [0.25, 0.3) is 0 Å². The predicted molar refractivity (Wildman–Crippen MR) is 97.2 cm³/mol. The van der Waals surface area contributed by atoms with Gasteiger partial charge in [-0.25, -0.2) is 0 Å². The van der Waals surface area contributed by atoms with Crippen molar-refractivity contribution in [1.82, 2.24) is 10.6 Å². The highest BCUT2D eigenvalue weighted by Gasteiger charge is 2.01. The van der Waals surface area contributed by atoms with Gasteiger partial charge in [0.25, 0.3) is 0 Å². The molecule has 4 heteroatoms. The summed E-state index contributed by atoms with van der Waals surface area (Å²) in [5, 5.41) is 6.25. The summed E-state index contributed by atoms with van der Waals surface area (Å²) >= 11 is 0. The predicted octanol–water partition coefficient (Wildman–Crippen LogP) is 2.84. The van der Waals surface area contributed by atoms with Crippen molar-refractivity contribution in [2.75, 3.05) is 20.2 Å². The summed E-state index contributed by atoms with van der Waals surface area (Å²) in [6, 6.07) is 16.3. The molecule has 0 aliphatic heterocycles. The molecule has 0 radical (unpaired) electrons. The van der Waals surface area contributed by atoms with Gasteiger partial charge in [0.15, 0.2) is 0 Å². The Kier molecular flexibility index (Phi) is 7.30. The first-order valence-corrected chi connectivity index (χ1v) is 8.33. The van der Waals surface area contributed by atoms with E-state index in [-0.39, 0.29) is 5.91 Å². The molecule has 128 valence electrons. The largest absolute Gasteiger partial charge is 0.497 e. The van der Waals surface area contributed by atoms with Crippen LogP contribution >= 0.6 is 0 Å². The van der Waals surface area contributed by atoms with E-state index in [1.807, 2.05) is 30.3 Å². The molecule has 0 aromatic heterocycles. The average Bonchev–Trinajstić information content (AvgIpc) is 2.61. The van der Waals surface area contributed by atoms with Gasteiger partial charge in [0.2, 0.25) is 5.91 Å². The van der Waals surface area contributed by atoms with Crippen LogP contribution in [0.1, 0.15) is 23.1 Å². The standard InChI is InChI=1S/C20H26N2O2/c1-16-6-8-18(9-7-16)15-22-20(23)11-13-21-12-10-17-4-3-5-19(14-17)24-2/h3-9,14,21H,10-13,15H2,1-2H3,(H,22,23). The second-order valence-corrected chi connectivity index (χ2v) is 5.86. The quantitative estimate of drug-likeness (QED) is 0.697. The van der Waals surface area contributed by atoms with Gasteiger partial charge in [0.1, 0.15) is 5.75 Å². The summed E-state index contributed by atoms with van der Waals surface area (Å²) in [5.74, 6) is 0.951. The molecule has 0 saturated heterocycles. The number of ether oxygens (including phenoxy) is 1. The number of nitrogens with one attached hydrogen (secondary N) is 2. The number of hydrogen-bond acceptors (Lipinski definition) is 3. The van der Waals surface area contributed by atoms with Crippen LogP contribution in [-0.4, -0.2) is 26.1 Å². The van der Waals surface area contributed by atoms with Crippen molar-refractivity contribution >= 4 is 5.91 Å². The van der Waals surface area contributed by atoms with Gasteiger partial charge in [-0.05, 0) is 43.1 Å². The van der Waals surface area contributed by atoms with Gasteiger partial charge in [0.05, 0.1) is 7.11 Å². The number of carbonyl (C=O) groups excluding carboxylic acids is 1. The molecule has 1 amide bonds. The first-order valence-electron chi connectivity index (χ1n) is 8.33. The van der Waals surface area contributed by atoms with Crippen molar-refractivity contribution < 1.29 is 9.53 Å². The molecule has 2 rings (SSSR count). The Bertz CT molecular complexity index is 638. The van der Waals surface area contributed by atoms with Crippen LogP contribution in [0.5, 0.6) is 5.75 Å². The normalized spacial score (nSPS) is 10.4. The average molecular weight is 326 g/mol. The van der Waals surface area contributed by atoms with Crippen molar-refractivity contribution in [1.29, 1.82) is 0 Å². The molecule has 0 unspecified atom stereocenters. The van der Waals surface area contributed by atoms with Crippen LogP contribution in [-0.2, 0) is 17.8 Å². The van der Waals surface area contributed by atoms with Gasteiger partial charge in [-0.2, -0.15) is 0 Å². The molecule has 24 heavy (non-hydrogen) atoms. The smallest absolute Gasteiger partial charge is 0.221 e. The first-order chi connectivity index (χ1) is 11.7. The van der Waals surface area contributed by atoms with Crippen molar-refractivity contribution in [2.45, 2.75) is 26.3 Å². The summed E-state index contributed by atoms with van der Waals surface area (Å²) in [4.78, 5) is 11.8. The first kappa shape index (κ1) is 18.0. The van der Waals surface area contributed by atoms with Crippen molar-refractivity contribution in [3.8, 4) is 5.75 Å². The van der Waals surface area contributed by atoms with Crippen LogP contribution < -0.4 is 15.4 Å². The summed E-state index contributed by atoms with van der Waals surface area (Å²) in [7, 11) is 1.67. The lowest BCUT2D eigenvalue weighted by Gasteiger charge is -2.08. The third-order valence-electron chi connectivity index (χ3n) is 3.86. The van der Waals surface area contributed by atoms with Crippen molar-refractivity contribution in [3.63, 3.8) is 0 Å². The van der Waals surface area contributed by atoms with Gasteiger partial charge in [0, 0.05) is 19.5 Å². The lowest BCUT2D eigenvalue weighted by molar-refractivity contribution is -0.121. The maximum Gasteiger partial charge on any atom is 0.221 e. The zero-order chi connectivity index (χ0) is 17.2. The van der Waals surface area contributed by atoms with E-state index in [1.165, 1.54) is 11.1 Å². The van der Waals surface area contributed by atoms with Gasteiger partial charge in [-0.3, -0.25) is 4.79 Å². The van der Waals surface area contributed by atoms with Gasteiger partial charge in [-0.15, -0.1) is 0 Å². The Balaban J connectivity index is 1.58. The minimum Gasteiger partial charge on any atom is -0.497 e. The topological polar surface area (TPSA) is 50.4 Å². The van der Waals surface area contributed by atoms with E-state index in [0.29, 0.717) is 19.5 Å². The SMILES string of the molecule is COc1cccc(CCNCCC(=O)NCc2ccc(C)cc2)c1. The zero-order valence-corrected chi connectivity index (χ0v) is 14.5. The molecule has 0 spiro atoms. The lowest BCUT2D eigenvalue weighted by Crippen LogP contribution is -2.28. The molecule has 0 saturated carbocycles. The second kappa shape index (κ2) is 9.73. The maximum absolute atomic E-state index is 11.8. The molecule has 0 aliphatic rings. The highest BCUT2D eigenvalue weighted by molar-refractivity contribution is 5.76. The lowest BCUT2D eigenvalue weighted by atomic mass is 10.1. The number of hydrogen-bond donors (Lipinski definition) is 2. The molecule has 0 atom stereocenters. The van der Waals surface area contributed by atoms with Crippen molar-refractivity contribution in [3.05, 3.63) is 65.2 Å². The number of carbonyl (C=O) groups is 1. The van der Waals surface area contributed by atoms with Crippen molar-refractivity contribution in [2.24, 2.45) is 0 Å². The molecular weight excluding hydrogens is 300 g/mol. The highest BCUT2D eigenvalue weighted by atomic mass is 16.5. The molecule has 0 heterocycles. The molecule has 0 aliphatic carbocycles. The number of methoxy groups -OCH3 is 1. The van der Waals surface area contributed by atoms with Crippen LogP contribution in [0.3, 0.4) is 0 Å². The zero-order valence-electron chi connectivity index (χ0n) is 14.5. The van der Waals surface area contributed by atoms with Crippen LogP contribution in [0.15, 0.2) is 48.5 Å². The monoisotopic (exact) mass is 326 g/mol. The molecule has 2 aromatic rings. The number of rotatable bonds is 9. The Morgan fingerprint density at radius 3 is 2.58 bits per heavy atom. The van der Waals surface area contributed by atoms with E-state index in [1.54, 1.807) is 7.11 Å². The minimum absolute atomic E-state index is 0.0736. The summed E-state index contributed by atoms with van der Waals surface area (Å²) in [5.41, 5.74) is 3.58. The van der Waals surface area contributed by atoms with E-state index in [2.05, 4.69) is 35.8 Å². The van der Waals surface area contributed by atoms with E-state index in [0.717, 1.165) is 24.3 Å². The number of aryl methyl sites for hydroxylation is 1. The third kappa shape index (κ3) is 6.42. The van der Waals surface area contributed by atoms with E-state index < -0.39 is 0 Å². The molecule has 0 fully saturated rings. The van der Waals surface area contributed by atoms with E-state index >= 15 is 0 Å². The summed E-state index contributed by atoms with van der Waals surface area (Å²) in [6.45, 7) is 4.17. The van der Waals surface area contributed by atoms with Gasteiger partial charge < -0.3 is 15.4 Å². The molecule has 2 aromatic carbocycles. The molecule has 0 bridgehead atoms. The maximum atomic E-state index is 11.8. The van der Waals surface area contributed by atoms with Crippen LogP contribution in [0, 0.1) is 6.92 Å². The minimum atomic E-state index is 0.0736. The van der Waals surface area contributed by atoms with Gasteiger partial charge in [-0.1, -0.05) is 42.0 Å². The Morgan fingerprint density at radius 1 is 1.04 bits per heavy atom. The number of benzene rings is 2. The highest BCUT2D eigenvalue weighted by Crippen LogP contribution is 2.12. The van der Waals surface area contributed by atoms with E-state index in [9.17, 15) is 4.79 Å². The summed E-state index contributed by atoms with van der Waals surface area (Å²) < 4.78 is 5.21. The fourth-order valence-corrected chi connectivity index (χ4v) is 2.38. The molecule has 2 N–H and O–H groups in total. The van der Waals surface area contributed by atoms with Gasteiger partial charge >= 0.3 is 0 Å². The second-order valence-electron chi connectivity index (χ2n) is 5.86. The number of amides is 1. The Hall–Kier alpha value is -2.33. The van der Waals surface area contributed by atoms with Crippen LogP contribution in [0.2, 0.25) is 0 Å². The molecule has 4 nitrogen and oxygen atoms in total. The fraction of sp³-hybridized carbons (Fsp3) is 0.350. The van der Waals surface area contributed by atoms with Crippen LogP contribution in [0.4, 0.5) is 0 Å². The Morgan fingerprint density at radius 2 is 1.83 bits per heavy atom. The summed E-state index contributed by atoms with van der Waals surface area (Å²) in [6.07, 6.45) is 1.41. The molecular formula is C20H26N2O2. The fourth-order valence-electron chi connectivity index (χ4n) is 2.38. The third-order valence-corrected chi connectivity index (χ3v) is 3.86. The van der Waals surface area contributed by atoms with E-state index in [4.69, 9.17) is 4.74 Å².